The van der Waals surface area contributed by atoms with Gasteiger partial charge < -0.3 is 15.0 Å². The highest BCUT2D eigenvalue weighted by Gasteiger charge is 2.34. The molecule has 3 heteroatoms. The Balaban J connectivity index is 1.92. The van der Waals surface area contributed by atoms with Crippen LogP contribution in [0.1, 0.15) is 18.4 Å². The van der Waals surface area contributed by atoms with Crippen LogP contribution in [0.25, 0.3) is 0 Å². The van der Waals surface area contributed by atoms with Crippen molar-refractivity contribution >= 4 is 12.0 Å². The summed E-state index contributed by atoms with van der Waals surface area (Å²) in [6.07, 6.45) is 4.37. The molecule has 90 valence electrons. The van der Waals surface area contributed by atoms with E-state index < -0.39 is 0 Å². The quantitative estimate of drug-likeness (QED) is 0.779. The molecular weight excluding hydrogens is 212 g/mol. The Morgan fingerprint density at radius 1 is 1.35 bits per heavy atom. The standard InChI is InChI=1S/C14H18N2O/c17-10-13-8-11-4-1-2-6-14(11)16(13)12-5-3-7-15-9-12/h1-2,4,6,10,12-13,15H,3,5,7-9H2. The molecule has 17 heavy (non-hydrogen) atoms. The number of fused-ring (bicyclic) bond motifs is 1. The summed E-state index contributed by atoms with van der Waals surface area (Å²) in [5.41, 5.74) is 2.58. The summed E-state index contributed by atoms with van der Waals surface area (Å²) in [6.45, 7) is 2.11. The normalized spacial score (nSPS) is 27.9. The SMILES string of the molecule is O=CC1Cc2ccccc2N1C1CCCNC1. The molecule has 1 aromatic rings. The van der Waals surface area contributed by atoms with Crippen LogP contribution in [0.3, 0.4) is 0 Å². The van der Waals surface area contributed by atoms with E-state index in [1.807, 2.05) is 0 Å². The Kier molecular flexibility index (Phi) is 2.85. The van der Waals surface area contributed by atoms with Crippen molar-refractivity contribution in [3.8, 4) is 0 Å². The van der Waals surface area contributed by atoms with Crippen molar-refractivity contribution in [1.82, 2.24) is 5.32 Å². The highest BCUT2D eigenvalue weighted by molar-refractivity contribution is 5.74. The first-order chi connectivity index (χ1) is 8.40. The largest absolute Gasteiger partial charge is 0.357 e. The van der Waals surface area contributed by atoms with Gasteiger partial charge in [-0.05, 0) is 31.0 Å². The van der Waals surface area contributed by atoms with Gasteiger partial charge in [0.25, 0.3) is 0 Å². The molecule has 2 unspecified atom stereocenters. The number of anilines is 1. The minimum Gasteiger partial charge on any atom is -0.357 e. The van der Waals surface area contributed by atoms with E-state index in [0.29, 0.717) is 6.04 Å². The summed E-state index contributed by atoms with van der Waals surface area (Å²) in [7, 11) is 0. The number of para-hydroxylation sites is 1. The molecule has 2 heterocycles. The van der Waals surface area contributed by atoms with Crippen LogP contribution in [-0.4, -0.2) is 31.5 Å². The van der Waals surface area contributed by atoms with Gasteiger partial charge in [-0.25, -0.2) is 0 Å². The molecule has 2 atom stereocenters. The van der Waals surface area contributed by atoms with Crippen LogP contribution in [0.5, 0.6) is 0 Å². The van der Waals surface area contributed by atoms with Crippen LogP contribution < -0.4 is 10.2 Å². The number of aldehydes is 1. The van der Waals surface area contributed by atoms with E-state index >= 15 is 0 Å². The van der Waals surface area contributed by atoms with E-state index in [2.05, 4.69) is 34.5 Å². The zero-order valence-corrected chi connectivity index (χ0v) is 9.93. The Hall–Kier alpha value is -1.35. The highest BCUT2D eigenvalue weighted by Crippen LogP contribution is 2.34. The van der Waals surface area contributed by atoms with Crippen LogP contribution in [-0.2, 0) is 11.2 Å². The molecule has 0 aromatic heterocycles. The van der Waals surface area contributed by atoms with Gasteiger partial charge in [0.1, 0.15) is 6.29 Å². The zero-order valence-electron chi connectivity index (χ0n) is 9.93. The molecule has 2 aliphatic heterocycles. The molecule has 0 amide bonds. The van der Waals surface area contributed by atoms with Crippen LogP contribution >= 0.6 is 0 Å². The Bertz CT molecular complexity index is 412. The van der Waals surface area contributed by atoms with Crippen molar-refractivity contribution in [1.29, 1.82) is 0 Å². The number of benzene rings is 1. The summed E-state index contributed by atoms with van der Waals surface area (Å²) in [5, 5.41) is 3.43. The first kappa shape index (κ1) is 10.8. The molecule has 1 fully saturated rings. The minimum atomic E-state index is 0.0392. The fraction of sp³-hybridized carbons (Fsp3) is 0.500. The summed E-state index contributed by atoms with van der Waals surface area (Å²) in [6, 6.07) is 8.92. The Morgan fingerprint density at radius 2 is 2.24 bits per heavy atom. The maximum Gasteiger partial charge on any atom is 0.142 e. The van der Waals surface area contributed by atoms with Crippen molar-refractivity contribution in [2.45, 2.75) is 31.3 Å². The second-order valence-corrected chi connectivity index (χ2v) is 4.94. The van der Waals surface area contributed by atoms with E-state index in [1.54, 1.807) is 0 Å². The summed E-state index contributed by atoms with van der Waals surface area (Å²) in [4.78, 5) is 13.6. The molecule has 0 saturated carbocycles. The monoisotopic (exact) mass is 230 g/mol. The van der Waals surface area contributed by atoms with Gasteiger partial charge in [0, 0.05) is 24.7 Å². The topological polar surface area (TPSA) is 32.3 Å². The van der Waals surface area contributed by atoms with Gasteiger partial charge >= 0.3 is 0 Å². The zero-order chi connectivity index (χ0) is 11.7. The summed E-state index contributed by atoms with van der Waals surface area (Å²) >= 11 is 0. The van der Waals surface area contributed by atoms with E-state index in [0.717, 1.165) is 25.8 Å². The van der Waals surface area contributed by atoms with Crippen molar-refractivity contribution < 1.29 is 4.79 Å². The maximum absolute atomic E-state index is 11.3. The van der Waals surface area contributed by atoms with Crippen molar-refractivity contribution in [3.05, 3.63) is 29.8 Å². The molecule has 3 rings (SSSR count). The van der Waals surface area contributed by atoms with Gasteiger partial charge in [-0.1, -0.05) is 18.2 Å². The third kappa shape index (κ3) is 1.84. The number of carbonyl (C=O) groups is 1. The van der Waals surface area contributed by atoms with Gasteiger partial charge in [-0.2, -0.15) is 0 Å². The molecule has 1 aromatic carbocycles. The maximum atomic E-state index is 11.3. The molecule has 1 saturated heterocycles. The minimum absolute atomic E-state index is 0.0392. The fourth-order valence-electron chi connectivity index (χ4n) is 3.09. The van der Waals surface area contributed by atoms with Gasteiger partial charge in [0.05, 0.1) is 6.04 Å². The third-order valence-corrected chi connectivity index (χ3v) is 3.88. The second kappa shape index (κ2) is 4.49. The number of rotatable bonds is 2. The lowest BCUT2D eigenvalue weighted by atomic mass is 10.0. The number of hydrogen-bond donors (Lipinski definition) is 1. The number of piperidine rings is 1. The van der Waals surface area contributed by atoms with Crippen LogP contribution in [0, 0.1) is 0 Å². The van der Waals surface area contributed by atoms with Crippen molar-refractivity contribution in [2.75, 3.05) is 18.0 Å². The number of nitrogens with zero attached hydrogens (tertiary/aromatic N) is 1. The molecular formula is C14H18N2O. The fourth-order valence-corrected chi connectivity index (χ4v) is 3.09. The second-order valence-electron chi connectivity index (χ2n) is 4.94. The van der Waals surface area contributed by atoms with Crippen molar-refractivity contribution in [3.63, 3.8) is 0 Å². The van der Waals surface area contributed by atoms with Crippen LogP contribution in [0.15, 0.2) is 24.3 Å². The molecule has 0 radical (unpaired) electrons. The average molecular weight is 230 g/mol. The summed E-state index contributed by atoms with van der Waals surface area (Å²) < 4.78 is 0. The molecule has 3 nitrogen and oxygen atoms in total. The van der Waals surface area contributed by atoms with Gasteiger partial charge in [-0.15, -0.1) is 0 Å². The number of carbonyl (C=O) groups excluding carboxylic acids is 1. The molecule has 2 aliphatic rings. The first-order valence-electron chi connectivity index (χ1n) is 6.42. The summed E-state index contributed by atoms with van der Waals surface area (Å²) in [5.74, 6) is 0. The van der Waals surface area contributed by atoms with Gasteiger partial charge in [0.15, 0.2) is 0 Å². The molecule has 1 N–H and O–H groups in total. The third-order valence-electron chi connectivity index (χ3n) is 3.88. The predicted molar refractivity (Wildman–Crippen MR) is 68.4 cm³/mol. The Labute approximate surface area is 102 Å². The lowest BCUT2D eigenvalue weighted by molar-refractivity contribution is -0.108. The van der Waals surface area contributed by atoms with Crippen molar-refractivity contribution in [2.24, 2.45) is 0 Å². The lowest BCUT2D eigenvalue weighted by Gasteiger charge is -2.36. The van der Waals surface area contributed by atoms with Crippen LogP contribution in [0.4, 0.5) is 5.69 Å². The van der Waals surface area contributed by atoms with E-state index in [9.17, 15) is 4.79 Å². The number of hydrogen-bond acceptors (Lipinski definition) is 3. The lowest BCUT2D eigenvalue weighted by Crippen LogP contribution is -2.49. The molecule has 0 aliphatic carbocycles. The number of nitrogens with one attached hydrogen (secondary N) is 1. The van der Waals surface area contributed by atoms with Gasteiger partial charge in [0.2, 0.25) is 0 Å². The van der Waals surface area contributed by atoms with Gasteiger partial charge in [-0.3, -0.25) is 0 Å². The first-order valence-corrected chi connectivity index (χ1v) is 6.42. The van der Waals surface area contributed by atoms with E-state index in [4.69, 9.17) is 0 Å². The van der Waals surface area contributed by atoms with Crippen LogP contribution in [0.2, 0.25) is 0 Å². The highest BCUT2D eigenvalue weighted by atomic mass is 16.1. The van der Waals surface area contributed by atoms with E-state index in [-0.39, 0.29) is 6.04 Å². The average Bonchev–Trinajstić information content (AvgIpc) is 2.78. The predicted octanol–water partition coefficient (Wildman–Crippen LogP) is 1.37. The molecule has 0 bridgehead atoms. The molecule has 0 spiro atoms. The smallest absolute Gasteiger partial charge is 0.142 e. The Morgan fingerprint density at radius 3 is 3.00 bits per heavy atom. The van der Waals surface area contributed by atoms with E-state index in [1.165, 1.54) is 24.1 Å².